The number of aliphatic hydroxyl groups is 1. The van der Waals surface area contributed by atoms with Gasteiger partial charge in [0, 0.05) is 19.4 Å². The normalized spacial score (nSPS) is 13.8. The Morgan fingerprint density at radius 2 is 1.28 bits per heavy atom. The Morgan fingerprint density at radius 1 is 0.750 bits per heavy atom. The van der Waals surface area contributed by atoms with Crippen molar-refractivity contribution < 1.29 is 44.1 Å². The molecular formula is C19H34N8O9. The number of carbonyl (C=O) groups is 6. The lowest BCUT2D eigenvalue weighted by molar-refractivity contribution is -0.143. The zero-order valence-corrected chi connectivity index (χ0v) is 19.5. The van der Waals surface area contributed by atoms with Crippen LogP contribution in [0.4, 0.5) is 0 Å². The maximum Gasteiger partial charge on any atom is 0.328 e. The van der Waals surface area contributed by atoms with Gasteiger partial charge in [-0.1, -0.05) is 0 Å². The summed E-state index contributed by atoms with van der Waals surface area (Å²) >= 11 is 0. The smallest absolute Gasteiger partial charge is 0.328 e. The van der Waals surface area contributed by atoms with Gasteiger partial charge in [-0.25, -0.2) is 4.79 Å². The van der Waals surface area contributed by atoms with Gasteiger partial charge in [-0.2, -0.15) is 0 Å². The number of aliphatic carboxylic acids is 2. The van der Waals surface area contributed by atoms with Crippen LogP contribution in [-0.4, -0.2) is 94.2 Å². The average molecular weight is 519 g/mol. The van der Waals surface area contributed by atoms with E-state index in [0.29, 0.717) is 0 Å². The van der Waals surface area contributed by atoms with Crippen LogP contribution in [0.2, 0.25) is 0 Å². The van der Waals surface area contributed by atoms with E-state index in [-0.39, 0.29) is 51.0 Å². The molecule has 0 spiro atoms. The molecule has 0 fully saturated rings. The molecule has 0 aromatic rings. The number of aliphatic imine (C=N–C) groups is 1. The van der Waals surface area contributed by atoms with E-state index in [9.17, 15) is 28.8 Å². The first-order valence-electron chi connectivity index (χ1n) is 10.8. The summed E-state index contributed by atoms with van der Waals surface area (Å²) in [7, 11) is 0. The molecule has 0 heterocycles. The maximum atomic E-state index is 12.9. The highest BCUT2D eigenvalue weighted by molar-refractivity contribution is 5.94. The quantitative estimate of drug-likeness (QED) is 0.0463. The third-order valence-corrected chi connectivity index (χ3v) is 4.69. The van der Waals surface area contributed by atoms with Crippen LogP contribution in [0.5, 0.6) is 0 Å². The minimum Gasteiger partial charge on any atom is -0.481 e. The average Bonchev–Trinajstić information content (AvgIpc) is 2.79. The van der Waals surface area contributed by atoms with Crippen LogP contribution in [0.3, 0.4) is 0 Å². The van der Waals surface area contributed by atoms with Crippen molar-refractivity contribution >= 4 is 41.5 Å². The van der Waals surface area contributed by atoms with Crippen LogP contribution in [0.15, 0.2) is 4.99 Å². The number of aliphatic hydroxyl groups excluding tert-OH is 1. The highest BCUT2D eigenvalue weighted by Crippen LogP contribution is 2.05. The van der Waals surface area contributed by atoms with Crippen molar-refractivity contribution in [3.05, 3.63) is 0 Å². The molecule has 0 rings (SSSR count). The predicted octanol–water partition coefficient (Wildman–Crippen LogP) is -4.97. The summed E-state index contributed by atoms with van der Waals surface area (Å²) < 4.78 is 0. The summed E-state index contributed by atoms with van der Waals surface area (Å²) in [5, 5.41) is 33.6. The SMILES string of the molecule is NC(=O)CCC(NC(=O)C(CCCN=C(N)N)NC(=O)C(N)CCC(=O)O)C(=O)NC(CO)C(=O)O. The number of nitrogens with two attached hydrogens (primary N) is 4. The van der Waals surface area contributed by atoms with E-state index in [2.05, 4.69) is 15.6 Å². The van der Waals surface area contributed by atoms with Crippen molar-refractivity contribution in [3.8, 4) is 0 Å². The highest BCUT2D eigenvalue weighted by Gasteiger charge is 2.30. The van der Waals surface area contributed by atoms with Crippen LogP contribution in [0, 0.1) is 0 Å². The van der Waals surface area contributed by atoms with Gasteiger partial charge >= 0.3 is 11.9 Å². The van der Waals surface area contributed by atoms with Crippen molar-refractivity contribution in [2.45, 2.75) is 62.7 Å². The van der Waals surface area contributed by atoms with E-state index < -0.39 is 66.3 Å². The lowest BCUT2D eigenvalue weighted by Gasteiger charge is -2.24. The van der Waals surface area contributed by atoms with Crippen LogP contribution in [-0.2, 0) is 28.8 Å². The van der Waals surface area contributed by atoms with E-state index in [0.717, 1.165) is 0 Å². The van der Waals surface area contributed by atoms with E-state index in [4.69, 9.17) is 38.3 Å². The number of rotatable bonds is 18. The number of nitrogens with one attached hydrogen (secondary N) is 3. The lowest BCUT2D eigenvalue weighted by Crippen LogP contribution is -2.57. The van der Waals surface area contributed by atoms with Gasteiger partial charge in [0.15, 0.2) is 5.96 Å². The van der Waals surface area contributed by atoms with E-state index >= 15 is 0 Å². The van der Waals surface area contributed by atoms with Gasteiger partial charge in [0.05, 0.1) is 12.6 Å². The monoisotopic (exact) mass is 518 g/mol. The Balaban J connectivity index is 5.59. The fourth-order valence-electron chi connectivity index (χ4n) is 2.75. The summed E-state index contributed by atoms with van der Waals surface area (Å²) in [5.74, 6) is -6.45. The third-order valence-electron chi connectivity index (χ3n) is 4.69. The Morgan fingerprint density at radius 3 is 1.75 bits per heavy atom. The molecule has 0 saturated heterocycles. The number of carbonyl (C=O) groups excluding carboxylic acids is 4. The standard InChI is InChI=1S/C19H34N8O9/c20-9(3-6-14(30)31)15(32)25-10(2-1-7-24-19(22)23)16(33)26-11(4-5-13(21)29)17(34)27-12(8-28)18(35)36/h9-12,28H,1-8,20H2,(H2,21,29)(H,25,32)(H,26,33)(H,27,34)(H,30,31)(H,35,36)(H4,22,23,24). The van der Waals surface area contributed by atoms with Crippen molar-refractivity contribution in [1.29, 1.82) is 0 Å². The molecule has 0 bridgehead atoms. The number of carboxylic acid groups (broad SMARTS) is 2. The molecule has 204 valence electrons. The first-order chi connectivity index (χ1) is 16.8. The number of hydrogen-bond donors (Lipinski definition) is 10. The van der Waals surface area contributed by atoms with Crippen LogP contribution >= 0.6 is 0 Å². The highest BCUT2D eigenvalue weighted by atomic mass is 16.4. The maximum absolute atomic E-state index is 12.9. The second kappa shape index (κ2) is 16.6. The van der Waals surface area contributed by atoms with E-state index in [1.807, 2.05) is 5.32 Å². The Hall–Kier alpha value is -3.99. The van der Waals surface area contributed by atoms with Gasteiger partial charge in [-0.3, -0.25) is 29.0 Å². The lowest BCUT2D eigenvalue weighted by atomic mass is 10.1. The zero-order valence-electron chi connectivity index (χ0n) is 19.5. The van der Waals surface area contributed by atoms with Crippen LogP contribution in [0.25, 0.3) is 0 Å². The number of nitrogens with zero attached hydrogens (tertiary/aromatic N) is 1. The second-order valence-corrected chi connectivity index (χ2v) is 7.70. The van der Waals surface area contributed by atoms with Crippen molar-refractivity contribution in [2.24, 2.45) is 27.9 Å². The predicted molar refractivity (Wildman–Crippen MR) is 124 cm³/mol. The molecule has 4 unspecified atom stereocenters. The summed E-state index contributed by atoms with van der Waals surface area (Å²) in [4.78, 5) is 74.6. The molecule has 36 heavy (non-hydrogen) atoms. The molecule has 14 N–H and O–H groups in total. The number of primary amides is 1. The number of carboxylic acids is 2. The summed E-state index contributed by atoms with van der Waals surface area (Å²) in [5.41, 5.74) is 21.3. The number of guanidine groups is 1. The number of amides is 4. The van der Waals surface area contributed by atoms with Gasteiger partial charge in [-0.05, 0) is 25.7 Å². The first kappa shape index (κ1) is 32.0. The Kier molecular flexibility index (Phi) is 14.8. The fraction of sp³-hybridized carbons (Fsp3) is 0.632. The molecule has 17 nitrogen and oxygen atoms in total. The molecular weight excluding hydrogens is 484 g/mol. The second-order valence-electron chi connectivity index (χ2n) is 7.70. The summed E-state index contributed by atoms with van der Waals surface area (Å²) in [6.45, 7) is -0.843. The molecule has 0 saturated carbocycles. The van der Waals surface area contributed by atoms with Crippen molar-refractivity contribution in [1.82, 2.24) is 16.0 Å². The molecule has 0 aliphatic carbocycles. The van der Waals surface area contributed by atoms with Gasteiger partial charge in [-0.15, -0.1) is 0 Å². The Bertz CT molecular complexity index is 832. The summed E-state index contributed by atoms with van der Waals surface area (Å²) in [6, 6.07) is -5.65. The molecule has 0 aliphatic rings. The molecule has 0 aromatic carbocycles. The van der Waals surface area contributed by atoms with Crippen molar-refractivity contribution in [2.75, 3.05) is 13.2 Å². The minimum absolute atomic E-state index is 0.0292. The minimum atomic E-state index is -1.67. The zero-order chi connectivity index (χ0) is 27.8. The van der Waals surface area contributed by atoms with Crippen LogP contribution < -0.4 is 38.9 Å². The van der Waals surface area contributed by atoms with Gasteiger partial charge < -0.3 is 54.2 Å². The summed E-state index contributed by atoms with van der Waals surface area (Å²) in [6.07, 6.45) is -1.08. The number of hydrogen-bond acceptors (Lipinski definition) is 9. The van der Waals surface area contributed by atoms with Gasteiger partial charge in [0.1, 0.15) is 18.1 Å². The topological polar surface area (TPSA) is 316 Å². The Labute approximate surface area is 206 Å². The molecule has 0 aromatic heterocycles. The molecule has 17 heteroatoms. The fourth-order valence-corrected chi connectivity index (χ4v) is 2.75. The molecule has 4 amide bonds. The van der Waals surface area contributed by atoms with Crippen LogP contribution in [0.1, 0.15) is 38.5 Å². The van der Waals surface area contributed by atoms with Gasteiger partial charge in [0.2, 0.25) is 23.6 Å². The first-order valence-corrected chi connectivity index (χ1v) is 10.8. The van der Waals surface area contributed by atoms with E-state index in [1.54, 1.807) is 0 Å². The van der Waals surface area contributed by atoms with Crippen molar-refractivity contribution in [3.63, 3.8) is 0 Å². The molecule has 4 atom stereocenters. The van der Waals surface area contributed by atoms with E-state index in [1.165, 1.54) is 0 Å². The third kappa shape index (κ3) is 13.7. The van der Waals surface area contributed by atoms with Gasteiger partial charge in [0.25, 0.3) is 0 Å². The molecule has 0 aliphatic heterocycles. The largest absolute Gasteiger partial charge is 0.481 e. The molecule has 0 radical (unpaired) electrons.